The molecule has 0 bridgehead atoms. The molecule has 0 fully saturated rings. The molecule has 2 rings (SSSR count). The summed E-state index contributed by atoms with van der Waals surface area (Å²) in [6.07, 6.45) is 4.77. The summed E-state index contributed by atoms with van der Waals surface area (Å²) in [7, 11) is 0. The average Bonchev–Trinajstić information content (AvgIpc) is 2.48. The predicted molar refractivity (Wildman–Crippen MR) is 83.7 cm³/mol. The normalized spacial score (nSPS) is 10.2. The zero-order valence-corrected chi connectivity index (χ0v) is 11.7. The summed E-state index contributed by atoms with van der Waals surface area (Å²) in [5.41, 5.74) is 2.56. The second-order valence-corrected chi connectivity index (χ2v) is 4.59. The molecule has 2 aromatic carbocycles. The first-order valence-corrected chi connectivity index (χ1v) is 6.80. The number of benzene rings is 2. The minimum Gasteiger partial charge on any atom is -0.501 e. The molecular weight excluding hydrogens is 248 g/mol. The molecule has 2 nitrogen and oxygen atoms in total. The van der Waals surface area contributed by atoms with E-state index in [1.165, 1.54) is 34.4 Å². The summed E-state index contributed by atoms with van der Waals surface area (Å²) in [5.74, 6) is 0. The molecule has 0 aliphatic carbocycles. The Morgan fingerprint density at radius 1 is 0.750 bits per heavy atom. The molecule has 104 valence electrons. The van der Waals surface area contributed by atoms with Crippen LogP contribution in [0.4, 0.5) is 0 Å². The Kier molecular flexibility index (Phi) is 5.24. The highest BCUT2D eigenvalue weighted by molar-refractivity contribution is 5.83. The highest BCUT2D eigenvalue weighted by Gasteiger charge is 1.99. The van der Waals surface area contributed by atoms with Crippen LogP contribution in [0.15, 0.2) is 62.1 Å². The van der Waals surface area contributed by atoms with E-state index < -0.39 is 0 Å². The van der Waals surface area contributed by atoms with E-state index in [9.17, 15) is 0 Å². The van der Waals surface area contributed by atoms with Gasteiger partial charge in [-0.1, -0.05) is 49.6 Å². The largest absolute Gasteiger partial charge is 0.501 e. The third-order valence-corrected chi connectivity index (χ3v) is 3.22. The van der Waals surface area contributed by atoms with Crippen LogP contribution in [-0.2, 0) is 22.3 Å². The molecule has 0 saturated heterocycles. The molecule has 0 radical (unpaired) electrons. The molecule has 0 atom stereocenters. The van der Waals surface area contributed by atoms with Gasteiger partial charge in [-0.2, -0.15) is 0 Å². The molecule has 2 aromatic rings. The van der Waals surface area contributed by atoms with Crippen molar-refractivity contribution in [1.82, 2.24) is 0 Å². The van der Waals surface area contributed by atoms with E-state index >= 15 is 0 Å². The van der Waals surface area contributed by atoms with Crippen LogP contribution in [0.25, 0.3) is 10.8 Å². The van der Waals surface area contributed by atoms with Crippen molar-refractivity contribution in [3.8, 4) is 0 Å². The van der Waals surface area contributed by atoms with Gasteiger partial charge in [0, 0.05) is 12.8 Å². The Labute approximate surface area is 120 Å². The van der Waals surface area contributed by atoms with Gasteiger partial charge in [0.2, 0.25) is 0 Å². The van der Waals surface area contributed by atoms with E-state index in [-0.39, 0.29) is 0 Å². The molecule has 0 aromatic heterocycles. The van der Waals surface area contributed by atoms with Gasteiger partial charge in [0.25, 0.3) is 0 Å². The third kappa shape index (κ3) is 3.89. The summed E-state index contributed by atoms with van der Waals surface area (Å²) in [5, 5.41) is 2.52. The van der Waals surface area contributed by atoms with Gasteiger partial charge >= 0.3 is 0 Å². The first-order chi connectivity index (χ1) is 9.83. The lowest BCUT2D eigenvalue weighted by Gasteiger charge is -2.06. The van der Waals surface area contributed by atoms with Crippen molar-refractivity contribution in [3.63, 3.8) is 0 Å². The second kappa shape index (κ2) is 7.39. The quantitative estimate of drug-likeness (QED) is 0.526. The Hall–Kier alpha value is -2.22. The Bertz CT molecular complexity index is 534. The highest BCUT2D eigenvalue weighted by atomic mass is 16.5. The molecule has 0 aliphatic heterocycles. The summed E-state index contributed by atoms with van der Waals surface area (Å²) < 4.78 is 10.3. The first kappa shape index (κ1) is 14.2. The number of hydrogen-bond donors (Lipinski definition) is 0. The summed E-state index contributed by atoms with van der Waals surface area (Å²) in [4.78, 5) is 0. The maximum Gasteiger partial charge on any atom is 0.0913 e. The maximum atomic E-state index is 5.17. The zero-order valence-electron chi connectivity index (χ0n) is 11.7. The van der Waals surface area contributed by atoms with Crippen LogP contribution in [-0.4, -0.2) is 13.2 Å². The molecule has 0 aliphatic rings. The van der Waals surface area contributed by atoms with Crippen LogP contribution in [0.5, 0.6) is 0 Å². The molecule has 20 heavy (non-hydrogen) atoms. The lowest BCUT2D eigenvalue weighted by atomic mass is 10.0. The van der Waals surface area contributed by atoms with Gasteiger partial charge in [-0.05, 0) is 21.9 Å². The van der Waals surface area contributed by atoms with E-state index in [1.807, 2.05) is 0 Å². The fraction of sp³-hybridized carbons (Fsp3) is 0.222. The molecular formula is C18H20O2. The standard InChI is InChI=1S/C18H20O2/c1-3-19-11-9-15-5-7-18-14-16(10-12-20-4-2)6-8-17(18)13-15/h3-8,13-14H,1-2,9-12H2. The Balaban J connectivity index is 2.08. The summed E-state index contributed by atoms with van der Waals surface area (Å²) >= 11 is 0. The van der Waals surface area contributed by atoms with Crippen LogP contribution in [0.3, 0.4) is 0 Å². The topological polar surface area (TPSA) is 18.5 Å². The van der Waals surface area contributed by atoms with Gasteiger partial charge in [-0.15, -0.1) is 0 Å². The summed E-state index contributed by atoms with van der Waals surface area (Å²) in [6, 6.07) is 13.1. The van der Waals surface area contributed by atoms with Crippen molar-refractivity contribution in [2.75, 3.05) is 13.2 Å². The molecule has 0 amide bonds. The number of rotatable bonds is 8. The molecule has 0 unspecified atom stereocenters. The zero-order chi connectivity index (χ0) is 14.2. The highest BCUT2D eigenvalue weighted by Crippen LogP contribution is 2.19. The molecule has 0 spiro atoms. The molecule has 0 saturated carbocycles. The van der Waals surface area contributed by atoms with Crippen molar-refractivity contribution in [1.29, 1.82) is 0 Å². The van der Waals surface area contributed by atoms with Gasteiger partial charge in [0.15, 0.2) is 0 Å². The second-order valence-electron chi connectivity index (χ2n) is 4.59. The van der Waals surface area contributed by atoms with E-state index in [2.05, 4.69) is 49.6 Å². The summed E-state index contributed by atoms with van der Waals surface area (Å²) in [6.45, 7) is 8.43. The minimum atomic E-state index is 0.673. The van der Waals surface area contributed by atoms with Crippen LogP contribution >= 0.6 is 0 Å². The number of fused-ring (bicyclic) bond motifs is 1. The SMILES string of the molecule is C=COCCc1ccc2cc(CCOC=C)ccc2c1. The van der Waals surface area contributed by atoms with Gasteiger partial charge in [0.1, 0.15) is 0 Å². The molecule has 2 heteroatoms. The van der Waals surface area contributed by atoms with Crippen molar-refractivity contribution in [3.05, 3.63) is 73.2 Å². The fourth-order valence-corrected chi connectivity index (χ4v) is 2.18. The van der Waals surface area contributed by atoms with E-state index in [4.69, 9.17) is 9.47 Å². The lowest BCUT2D eigenvalue weighted by Crippen LogP contribution is -1.95. The first-order valence-electron chi connectivity index (χ1n) is 6.80. The van der Waals surface area contributed by atoms with Gasteiger partial charge in [0.05, 0.1) is 25.7 Å². The Morgan fingerprint density at radius 2 is 1.20 bits per heavy atom. The van der Waals surface area contributed by atoms with Crippen LogP contribution < -0.4 is 0 Å². The Morgan fingerprint density at radius 3 is 1.60 bits per heavy atom. The molecule has 0 N–H and O–H groups in total. The van der Waals surface area contributed by atoms with Crippen LogP contribution in [0.2, 0.25) is 0 Å². The van der Waals surface area contributed by atoms with Gasteiger partial charge in [-0.3, -0.25) is 0 Å². The van der Waals surface area contributed by atoms with Crippen molar-refractivity contribution >= 4 is 10.8 Å². The monoisotopic (exact) mass is 268 g/mol. The van der Waals surface area contributed by atoms with E-state index in [0.29, 0.717) is 13.2 Å². The fourth-order valence-electron chi connectivity index (χ4n) is 2.18. The van der Waals surface area contributed by atoms with Crippen LogP contribution in [0, 0.1) is 0 Å². The number of hydrogen-bond acceptors (Lipinski definition) is 2. The van der Waals surface area contributed by atoms with Crippen molar-refractivity contribution in [2.45, 2.75) is 12.8 Å². The lowest BCUT2D eigenvalue weighted by molar-refractivity contribution is 0.255. The number of ether oxygens (including phenoxy) is 2. The minimum absolute atomic E-state index is 0.673. The molecule has 0 heterocycles. The van der Waals surface area contributed by atoms with Gasteiger partial charge < -0.3 is 9.47 Å². The van der Waals surface area contributed by atoms with Crippen LogP contribution in [0.1, 0.15) is 11.1 Å². The van der Waals surface area contributed by atoms with Crippen molar-refractivity contribution < 1.29 is 9.47 Å². The van der Waals surface area contributed by atoms with E-state index in [1.54, 1.807) is 0 Å². The van der Waals surface area contributed by atoms with Crippen molar-refractivity contribution in [2.24, 2.45) is 0 Å². The maximum absolute atomic E-state index is 5.17. The smallest absolute Gasteiger partial charge is 0.0913 e. The average molecular weight is 268 g/mol. The third-order valence-electron chi connectivity index (χ3n) is 3.22. The predicted octanol–water partition coefficient (Wildman–Crippen LogP) is 4.25. The van der Waals surface area contributed by atoms with Gasteiger partial charge in [-0.25, -0.2) is 0 Å². The van der Waals surface area contributed by atoms with E-state index in [0.717, 1.165) is 12.8 Å².